The van der Waals surface area contributed by atoms with E-state index in [9.17, 15) is 4.79 Å². The van der Waals surface area contributed by atoms with E-state index in [2.05, 4.69) is 4.74 Å². The Morgan fingerprint density at radius 3 is 2.45 bits per heavy atom. The lowest BCUT2D eigenvalue weighted by Crippen LogP contribution is -2.43. The van der Waals surface area contributed by atoms with Gasteiger partial charge in [-0.1, -0.05) is 24.3 Å². The Labute approximate surface area is 130 Å². The summed E-state index contributed by atoms with van der Waals surface area (Å²) in [6.07, 6.45) is 1.42. The zero-order valence-electron chi connectivity index (χ0n) is 13.6. The van der Waals surface area contributed by atoms with Crippen molar-refractivity contribution in [3.63, 3.8) is 0 Å². The molecule has 0 aliphatic heterocycles. The van der Waals surface area contributed by atoms with Crippen molar-refractivity contribution in [2.45, 2.75) is 38.6 Å². The van der Waals surface area contributed by atoms with E-state index in [0.717, 1.165) is 16.9 Å². The van der Waals surface area contributed by atoms with Gasteiger partial charge in [0.15, 0.2) is 0 Å². The van der Waals surface area contributed by atoms with Crippen LogP contribution in [-0.2, 0) is 24.7 Å². The third-order valence-corrected chi connectivity index (χ3v) is 3.26. The highest BCUT2D eigenvalue weighted by molar-refractivity contribution is 5.68. The van der Waals surface area contributed by atoms with Crippen LogP contribution in [0, 0.1) is 0 Å². The third-order valence-electron chi connectivity index (χ3n) is 3.26. The van der Waals surface area contributed by atoms with Crippen LogP contribution in [-0.4, -0.2) is 26.0 Å². The zero-order valence-corrected chi connectivity index (χ0v) is 13.6. The topological polar surface area (TPSA) is 54.0 Å². The van der Waals surface area contributed by atoms with Gasteiger partial charge in [-0.05, 0) is 26.8 Å². The van der Waals surface area contributed by atoms with Gasteiger partial charge in [-0.3, -0.25) is 0 Å². The van der Waals surface area contributed by atoms with Crippen molar-refractivity contribution in [1.29, 1.82) is 0 Å². The van der Waals surface area contributed by atoms with Crippen molar-refractivity contribution in [2.24, 2.45) is 0 Å². The van der Waals surface area contributed by atoms with E-state index < -0.39 is 17.5 Å². The Morgan fingerprint density at radius 2 is 1.86 bits per heavy atom. The van der Waals surface area contributed by atoms with Crippen LogP contribution >= 0.6 is 0 Å². The van der Waals surface area contributed by atoms with Gasteiger partial charge in [0, 0.05) is 17.5 Å². The summed E-state index contributed by atoms with van der Waals surface area (Å²) in [5, 5.41) is 0. The monoisotopic (exact) mass is 306 g/mol. The molecule has 120 valence electrons. The number of benzene rings is 1. The van der Waals surface area contributed by atoms with E-state index in [1.54, 1.807) is 7.11 Å². The first-order valence-corrected chi connectivity index (χ1v) is 7.12. The molecule has 2 rings (SSSR count). The maximum atomic E-state index is 11.8. The second kappa shape index (κ2) is 6.01. The fourth-order valence-corrected chi connectivity index (χ4v) is 2.56. The average Bonchev–Trinajstić information content (AvgIpc) is 2.46. The number of carbonyl (C=O) groups excluding carboxylic acids is 1. The predicted molar refractivity (Wildman–Crippen MR) is 82.1 cm³/mol. The van der Waals surface area contributed by atoms with Crippen molar-refractivity contribution in [3.05, 3.63) is 41.5 Å². The average molecular weight is 306 g/mol. The minimum Gasteiger partial charge on any atom is -0.496 e. The third kappa shape index (κ3) is 3.25. The Kier molecular flexibility index (Phi) is 4.47. The Hall–Kier alpha value is -2.01. The van der Waals surface area contributed by atoms with Crippen molar-refractivity contribution >= 4 is 11.9 Å². The number of hydrogen-bond donors (Lipinski definition) is 0. The van der Waals surface area contributed by atoms with Crippen LogP contribution in [0.1, 0.15) is 38.3 Å². The molecule has 0 fully saturated rings. The minimum absolute atomic E-state index is 0.347. The van der Waals surface area contributed by atoms with Crippen LogP contribution in [0.5, 0.6) is 0 Å². The fourth-order valence-electron chi connectivity index (χ4n) is 2.56. The fraction of sp³-hybridized carbons (Fsp3) is 0.471. The van der Waals surface area contributed by atoms with Crippen LogP contribution in [0.25, 0.3) is 5.76 Å². The van der Waals surface area contributed by atoms with Gasteiger partial charge >= 0.3 is 6.16 Å². The quantitative estimate of drug-likeness (QED) is 0.627. The molecular weight excluding hydrogens is 284 g/mol. The number of rotatable bonds is 3. The lowest BCUT2D eigenvalue weighted by atomic mass is 9.89. The molecule has 0 heterocycles. The highest BCUT2D eigenvalue weighted by Crippen LogP contribution is 2.43. The summed E-state index contributed by atoms with van der Waals surface area (Å²) in [6.45, 7) is 5.73. The van der Waals surface area contributed by atoms with Crippen molar-refractivity contribution in [3.8, 4) is 0 Å². The molecule has 0 saturated heterocycles. The van der Waals surface area contributed by atoms with E-state index >= 15 is 0 Å². The van der Waals surface area contributed by atoms with Crippen LogP contribution in [0.2, 0.25) is 0 Å². The summed E-state index contributed by atoms with van der Waals surface area (Å²) in [6, 6.07) is 7.55. The van der Waals surface area contributed by atoms with Gasteiger partial charge in [0.05, 0.1) is 19.8 Å². The lowest BCUT2D eigenvalue weighted by molar-refractivity contribution is -0.265. The largest absolute Gasteiger partial charge is 0.510 e. The van der Waals surface area contributed by atoms with E-state index in [1.165, 1.54) is 7.11 Å². The highest BCUT2D eigenvalue weighted by Gasteiger charge is 2.45. The first-order valence-electron chi connectivity index (χ1n) is 7.12. The predicted octanol–water partition coefficient (Wildman–Crippen LogP) is 3.83. The van der Waals surface area contributed by atoms with E-state index in [-0.39, 0.29) is 0 Å². The van der Waals surface area contributed by atoms with Crippen LogP contribution in [0.3, 0.4) is 0 Å². The highest BCUT2D eigenvalue weighted by atomic mass is 16.8. The number of carbonyl (C=O) groups is 1. The van der Waals surface area contributed by atoms with E-state index in [1.807, 2.05) is 51.1 Å². The molecule has 0 spiro atoms. The van der Waals surface area contributed by atoms with Crippen LogP contribution in [0.15, 0.2) is 30.3 Å². The minimum atomic E-state index is -1.23. The number of hydrogen-bond acceptors (Lipinski definition) is 5. The second-order valence-corrected chi connectivity index (χ2v) is 6.05. The lowest BCUT2D eigenvalue weighted by Gasteiger charge is -2.40. The first-order chi connectivity index (χ1) is 10.3. The number of methoxy groups -OCH3 is 2. The Morgan fingerprint density at radius 1 is 1.18 bits per heavy atom. The molecule has 22 heavy (non-hydrogen) atoms. The molecule has 0 radical (unpaired) electrons. The standard InChI is InChI=1S/C17H22O5/c1-16(2,3)22-17(21-15(18)20-5)11-10-14(19-4)12-8-6-7-9-13(12)17/h6-10H,11H2,1-5H3. The van der Waals surface area contributed by atoms with Gasteiger partial charge < -0.3 is 18.9 Å². The first kappa shape index (κ1) is 16.4. The molecule has 1 aliphatic rings. The van der Waals surface area contributed by atoms with Crippen molar-refractivity contribution in [1.82, 2.24) is 0 Å². The van der Waals surface area contributed by atoms with Crippen LogP contribution in [0.4, 0.5) is 4.79 Å². The molecule has 1 unspecified atom stereocenters. The zero-order chi connectivity index (χ0) is 16.4. The molecule has 5 nitrogen and oxygen atoms in total. The second-order valence-electron chi connectivity index (χ2n) is 6.05. The molecule has 0 bridgehead atoms. The molecule has 1 aliphatic carbocycles. The Bertz CT molecular complexity index is 585. The van der Waals surface area contributed by atoms with Gasteiger partial charge in [-0.2, -0.15) is 0 Å². The molecule has 0 N–H and O–H groups in total. The van der Waals surface area contributed by atoms with Gasteiger partial charge in [0.25, 0.3) is 0 Å². The molecule has 5 heteroatoms. The smallest absolute Gasteiger partial charge is 0.496 e. The summed E-state index contributed by atoms with van der Waals surface area (Å²) >= 11 is 0. The number of ether oxygens (including phenoxy) is 4. The van der Waals surface area contributed by atoms with Gasteiger partial charge in [-0.15, -0.1) is 0 Å². The summed E-state index contributed by atoms with van der Waals surface area (Å²) < 4.78 is 21.7. The molecule has 1 atom stereocenters. The van der Waals surface area contributed by atoms with Gasteiger partial charge in [-0.25, -0.2) is 4.79 Å². The summed E-state index contributed by atoms with van der Waals surface area (Å²) in [5.41, 5.74) is 1.07. The summed E-state index contributed by atoms with van der Waals surface area (Å²) in [7, 11) is 2.89. The normalized spacial score (nSPS) is 20.7. The Balaban J connectivity index is 2.54. The summed E-state index contributed by atoms with van der Waals surface area (Å²) in [5.74, 6) is -0.499. The van der Waals surface area contributed by atoms with E-state index in [4.69, 9.17) is 14.2 Å². The van der Waals surface area contributed by atoms with Crippen molar-refractivity contribution in [2.75, 3.05) is 14.2 Å². The maximum Gasteiger partial charge on any atom is 0.510 e. The maximum absolute atomic E-state index is 11.8. The summed E-state index contributed by atoms with van der Waals surface area (Å²) in [4.78, 5) is 11.8. The van der Waals surface area contributed by atoms with Crippen LogP contribution < -0.4 is 0 Å². The van der Waals surface area contributed by atoms with Gasteiger partial charge in [0.1, 0.15) is 5.76 Å². The van der Waals surface area contributed by atoms with Gasteiger partial charge in [0.2, 0.25) is 5.79 Å². The molecular formula is C17H22O5. The SMILES string of the molecule is COC(=O)OC1(OC(C)(C)C)CC=C(OC)c2ccccc21. The molecule has 0 aromatic heterocycles. The number of fused-ring (bicyclic) bond motifs is 1. The molecule has 0 amide bonds. The van der Waals surface area contributed by atoms with E-state index in [0.29, 0.717) is 6.42 Å². The molecule has 1 aromatic carbocycles. The molecule has 0 saturated carbocycles. The van der Waals surface area contributed by atoms with Crippen molar-refractivity contribution < 1.29 is 23.7 Å². The molecule has 1 aromatic rings.